The number of hydrogen-bond acceptors (Lipinski definition) is 4. The number of nitrogens with two attached hydrogens (primary N) is 1. The summed E-state index contributed by atoms with van der Waals surface area (Å²) >= 11 is 0. The summed E-state index contributed by atoms with van der Waals surface area (Å²) < 4.78 is 5.40. The highest BCUT2D eigenvalue weighted by Gasteiger charge is 2.09. The summed E-state index contributed by atoms with van der Waals surface area (Å²) in [6.45, 7) is 5.28. The van der Waals surface area contributed by atoms with Gasteiger partial charge in [0, 0.05) is 30.5 Å². The lowest BCUT2D eigenvalue weighted by Gasteiger charge is -2.11. The second-order valence-corrected chi connectivity index (χ2v) is 3.45. The van der Waals surface area contributed by atoms with E-state index in [9.17, 15) is 5.11 Å². The molecule has 15 heavy (non-hydrogen) atoms. The lowest BCUT2D eigenvalue weighted by Crippen LogP contribution is -2.06. The van der Waals surface area contributed by atoms with Gasteiger partial charge in [0.05, 0.1) is 12.3 Å². The molecular weight excluding hydrogens is 192 g/mol. The van der Waals surface area contributed by atoms with Crippen molar-refractivity contribution >= 4 is 0 Å². The van der Waals surface area contributed by atoms with E-state index in [4.69, 9.17) is 10.5 Å². The third-order valence-corrected chi connectivity index (χ3v) is 2.24. The van der Waals surface area contributed by atoms with Crippen LogP contribution in [0.25, 0.3) is 0 Å². The van der Waals surface area contributed by atoms with Gasteiger partial charge < -0.3 is 15.6 Å². The average Bonchev–Trinajstić information content (AvgIpc) is 2.24. The largest absolute Gasteiger partial charge is 0.506 e. The summed E-state index contributed by atoms with van der Waals surface area (Å²) in [5.41, 5.74) is 7.79. The lowest BCUT2D eigenvalue weighted by molar-refractivity contribution is 0.120. The normalized spacial score (nSPS) is 10.6. The van der Waals surface area contributed by atoms with Gasteiger partial charge in [0.25, 0.3) is 0 Å². The molecule has 84 valence electrons. The summed E-state index contributed by atoms with van der Waals surface area (Å²) in [7, 11) is 0. The molecule has 1 heterocycles. The molecular formula is C11H18N2O2. The molecule has 0 unspecified atom stereocenters. The van der Waals surface area contributed by atoms with Gasteiger partial charge in [0.2, 0.25) is 0 Å². The van der Waals surface area contributed by atoms with E-state index in [-0.39, 0.29) is 5.75 Å². The quantitative estimate of drug-likeness (QED) is 0.722. The van der Waals surface area contributed by atoms with Crippen molar-refractivity contribution in [3.8, 4) is 5.75 Å². The molecule has 0 saturated carbocycles. The van der Waals surface area contributed by atoms with Crippen molar-refractivity contribution in [3.05, 3.63) is 23.0 Å². The van der Waals surface area contributed by atoms with Gasteiger partial charge in [-0.2, -0.15) is 0 Å². The number of aryl methyl sites for hydroxylation is 1. The number of aromatic nitrogens is 1. The molecule has 0 spiro atoms. The SMILES string of the molecule is CCCOCc1cnc(C)c(O)c1CN. The van der Waals surface area contributed by atoms with Crippen molar-refractivity contribution in [1.82, 2.24) is 4.98 Å². The maximum atomic E-state index is 9.74. The number of aromatic hydroxyl groups is 1. The molecule has 0 fully saturated rings. The fourth-order valence-electron chi connectivity index (χ4n) is 1.36. The van der Waals surface area contributed by atoms with E-state index in [1.807, 2.05) is 0 Å². The van der Waals surface area contributed by atoms with Gasteiger partial charge in [0.1, 0.15) is 5.75 Å². The summed E-state index contributed by atoms with van der Waals surface area (Å²) in [5.74, 6) is 0.190. The van der Waals surface area contributed by atoms with Crippen LogP contribution in [0.3, 0.4) is 0 Å². The molecule has 0 saturated heterocycles. The van der Waals surface area contributed by atoms with Crippen LogP contribution < -0.4 is 5.73 Å². The van der Waals surface area contributed by atoms with Gasteiger partial charge in [-0.05, 0) is 13.3 Å². The molecule has 0 aromatic carbocycles. The van der Waals surface area contributed by atoms with E-state index in [2.05, 4.69) is 11.9 Å². The Labute approximate surface area is 90.1 Å². The Kier molecular flexibility index (Phi) is 4.52. The predicted octanol–water partition coefficient (Wildman–Crippen LogP) is 1.48. The molecule has 0 aliphatic heterocycles. The van der Waals surface area contributed by atoms with Crippen LogP contribution in [-0.4, -0.2) is 16.7 Å². The fourth-order valence-corrected chi connectivity index (χ4v) is 1.36. The second-order valence-electron chi connectivity index (χ2n) is 3.45. The van der Waals surface area contributed by atoms with Crippen molar-refractivity contribution in [2.45, 2.75) is 33.4 Å². The molecule has 4 heteroatoms. The Balaban J connectivity index is 2.83. The number of nitrogens with zero attached hydrogens (tertiary/aromatic N) is 1. The first-order valence-electron chi connectivity index (χ1n) is 5.14. The molecule has 0 bridgehead atoms. The Hall–Kier alpha value is -1.13. The van der Waals surface area contributed by atoms with Crippen LogP contribution in [0, 0.1) is 6.92 Å². The minimum atomic E-state index is 0.190. The van der Waals surface area contributed by atoms with E-state index < -0.39 is 0 Å². The van der Waals surface area contributed by atoms with Crippen LogP contribution >= 0.6 is 0 Å². The molecule has 0 amide bonds. The van der Waals surface area contributed by atoms with Gasteiger partial charge in [-0.25, -0.2) is 0 Å². The number of ether oxygens (including phenoxy) is 1. The number of rotatable bonds is 5. The highest BCUT2D eigenvalue weighted by atomic mass is 16.5. The monoisotopic (exact) mass is 210 g/mol. The number of hydrogen-bond donors (Lipinski definition) is 2. The van der Waals surface area contributed by atoms with Gasteiger partial charge >= 0.3 is 0 Å². The van der Waals surface area contributed by atoms with Crippen LogP contribution in [0.15, 0.2) is 6.20 Å². The Bertz CT molecular complexity index is 327. The van der Waals surface area contributed by atoms with Crippen LogP contribution in [0.1, 0.15) is 30.2 Å². The van der Waals surface area contributed by atoms with Crippen LogP contribution in [0.4, 0.5) is 0 Å². The van der Waals surface area contributed by atoms with Crippen molar-refractivity contribution < 1.29 is 9.84 Å². The standard InChI is InChI=1S/C11H18N2O2/c1-3-4-15-7-9-6-13-8(2)11(14)10(9)5-12/h6,14H,3-5,7,12H2,1-2H3. The Morgan fingerprint density at radius 3 is 2.87 bits per heavy atom. The molecule has 4 nitrogen and oxygen atoms in total. The van der Waals surface area contributed by atoms with Gasteiger partial charge in [-0.1, -0.05) is 6.92 Å². The third kappa shape index (κ3) is 2.91. The first kappa shape index (κ1) is 11.9. The van der Waals surface area contributed by atoms with E-state index in [0.717, 1.165) is 17.5 Å². The fraction of sp³-hybridized carbons (Fsp3) is 0.545. The first-order valence-corrected chi connectivity index (χ1v) is 5.14. The molecule has 0 aliphatic carbocycles. The van der Waals surface area contributed by atoms with E-state index in [1.54, 1.807) is 13.1 Å². The molecule has 0 radical (unpaired) electrons. The van der Waals surface area contributed by atoms with Gasteiger partial charge in [0.15, 0.2) is 0 Å². The highest BCUT2D eigenvalue weighted by molar-refractivity contribution is 5.40. The summed E-state index contributed by atoms with van der Waals surface area (Å²) in [4.78, 5) is 4.08. The van der Waals surface area contributed by atoms with Crippen LogP contribution in [-0.2, 0) is 17.9 Å². The van der Waals surface area contributed by atoms with E-state index in [0.29, 0.717) is 25.5 Å². The van der Waals surface area contributed by atoms with E-state index >= 15 is 0 Å². The molecule has 1 aromatic heterocycles. The van der Waals surface area contributed by atoms with Crippen molar-refractivity contribution in [1.29, 1.82) is 0 Å². The van der Waals surface area contributed by atoms with Gasteiger partial charge in [-0.3, -0.25) is 4.98 Å². The molecule has 1 aromatic rings. The summed E-state index contributed by atoms with van der Waals surface area (Å²) in [5, 5.41) is 9.74. The zero-order valence-corrected chi connectivity index (χ0v) is 9.29. The zero-order chi connectivity index (χ0) is 11.3. The van der Waals surface area contributed by atoms with Crippen LogP contribution in [0.2, 0.25) is 0 Å². The Morgan fingerprint density at radius 1 is 1.53 bits per heavy atom. The zero-order valence-electron chi connectivity index (χ0n) is 9.29. The first-order chi connectivity index (χ1) is 7.20. The third-order valence-electron chi connectivity index (χ3n) is 2.24. The molecule has 3 N–H and O–H groups in total. The summed E-state index contributed by atoms with van der Waals surface area (Å²) in [6, 6.07) is 0. The smallest absolute Gasteiger partial charge is 0.141 e. The summed E-state index contributed by atoms with van der Waals surface area (Å²) in [6.07, 6.45) is 2.69. The van der Waals surface area contributed by atoms with Crippen molar-refractivity contribution in [3.63, 3.8) is 0 Å². The minimum Gasteiger partial charge on any atom is -0.506 e. The molecule has 0 atom stereocenters. The molecule has 0 aliphatic rings. The minimum absolute atomic E-state index is 0.190. The maximum Gasteiger partial charge on any atom is 0.141 e. The highest BCUT2D eigenvalue weighted by Crippen LogP contribution is 2.23. The van der Waals surface area contributed by atoms with E-state index in [1.165, 1.54) is 0 Å². The average molecular weight is 210 g/mol. The van der Waals surface area contributed by atoms with Crippen LogP contribution in [0.5, 0.6) is 5.75 Å². The topological polar surface area (TPSA) is 68.4 Å². The Morgan fingerprint density at radius 2 is 2.27 bits per heavy atom. The second kappa shape index (κ2) is 5.68. The van der Waals surface area contributed by atoms with Gasteiger partial charge in [-0.15, -0.1) is 0 Å². The lowest BCUT2D eigenvalue weighted by atomic mass is 10.1. The number of pyridine rings is 1. The van der Waals surface area contributed by atoms with Crippen molar-refractivity contribution in [2.24, 2.45) is 5.73 Å². The molecule has 1 rings (SSSR count). The van der Waals surface area contributed by atoms with Crippen molar-refractivity contribution in [2.75, 3.05) is 6.61 Å². The maximum absolute atomic E-state index is 9.74. The predicted molar refractivity (Wildman–Crippen MR) is 58.5 cm³/mol.